The third-order valence-electron chi connectivity index (χ3n) is 6.48. The van der Waals surface area contributed by atoms with Crippen LogP contribution in [-0.4, -0.2) is 26.5 Å². The topological polar surface area (TPSA) is 95.6 Å². The Hall–Kier alpha value is -4.50. The van der Waals surface area contributed by atoms with Gasteiger partial charge in [-0.25, -0.2) is 12.8 Å². The minimum absolute atomic E-state index is 0.0173. The molecule has 0 saturated heterocycles. The van der Waals surface area contributed by atoms with Gasteiger partial charge in [-0.3, -0.25) is 13.9 Å². The van der Waals surface area contributed by atoms with Gasteiger partial charge < -0.3 is 10.6 Å². The first-order valence-corrected chi connectivity index (χ1v) is 14.8. The number of nitrogens with zero attached hydrogens (tertiary/aromatic N) is 1. The zero-order chi connectivity index (χ0) is 29.8. The molecule has 4 rings (SSSR count). The van der Waals surface area contributed by atoms with Crippen molar-refractivity contribution in [2.24, 2.45) is 0 Å². The predicted molar refractivity (Wildman–Crippen MR) is 161 cm³/mol. The lowest BCUT2D eigenvalue weighted by Gasteiger charge is -2.23. The van der Waals surface area contributed by atoms with E-state index in [1.807, 2.05) is 12.1 Å². The van der Waals surface area contributed by atoms with Gasteiger partial charge in [0.1, 0.15) is 5.82 Å². The van der Waals surface area contributed by atoms with Crippen molar-refractivity contribution in [2.45, 2.75) is 32.7 Å². The normalized spacial score (nSPS) is 11.5. The summed E-state index contributed by atoms with van der Waals surface area (Å²) in [6, 6.07) is 26.2. The molecule has 0 spiro atoms. The van der Waals surface area contributed by atoms with Crippen molar-refractivity contribution in [3.05, 3.63) is 125 Å². The molecule has 0 unspecified atom stereocenters. The maximum Gasteiger partial charge on any atom is 0.255 e. The lowest BCUT2D eigenvalue weighted by atomic mass is 9.87. The molecule has 0 aliphatic carbocycles. The highest BCUT2D eigenvalue weighted by Gasteiger charge is 2.20. The van der Waals surface area contributed by atoms with E-state index in [9.17, 15) is 22.4 Å². The Kier molecular flexibility index (Phi) is 8.58. The highest BCUT2D eigenvalue weighted by Crippen LogP contribution is 2.25. The van der Waals surface area contributed by atoms with Crippen LogP contribution in [0.25, 0.3) is 0 Å². The van der Waals surface area contributed by atoms with Crippen LogP contribution >= 0.6 is 0 Å². The van der Waals surface area contributed by atoms with E-state index in [1.165, 1.54) is 42.5 Å². The van der Waals surface area contributed by atoms with Crippen molar-refractivity contribution < 1.29 is 22.4 Å². The number of carbonyl (C=O) groups is 2. The summed E-state index contributed by atoms with van der Waals surface area (Å²) < 4.78 is 40.2. The molecule has 4 aromatic carbocycles. The molecule has 7 nitrogen and oxygen atoms in total. The number of rotatable bonds is 8. The predicted octanol–water partition coefficient (Wildman–Crippen LogP) is 6.59. The lowest BCUT2D eigenvalue weighted by molar-refractivity contribution is 0.101. The zero-order valence-electron chi connectivity index (χ0n) is 23.3. The summed E-state index contributed by atoms with van der Waals surface area (Å²) in [5.41, 5.74) is 3.43. The number of anilines is 3. The van der Waals surface area contributed by atoms with Crippen LogP contribution in [0.2, 0.25) is 0 Å². The number of benzene rings is 4. The van der Waals surface area contributed by atoms with E-state index < -0.39 is 21.7 Å². The number of hydrogen-bond donors (Lipinski definition) is 2. The third kappa shape index (κ3) is 7.58. The molecule has 212 valence electrons. The molecule has 9 heteroatoms. The molecule has 2 N–H and O–H groups in total. The average molecular weight is 574 g/mol. The van der Waals surface area contributed by atoms with Gasteiger partial charge in [-0.1, -0.05) is 57.2 Å². The fourth-order valence-electron chi connectivity index (χ4n) is 4.16. The summed E-state index contributed by atoms with van der Waals surface area (Å²) in [5.74, 6) is -1.19. The first-order chi connectivity index (χ1) is 19.3. The summed E-state index contributed by atoms with van der Waals surface area (Å²) in [5, 5.41) is 5.64. The molecule has 0 aliphatic rings. The Bertz CT molecular complexity index is 1660. The monoisotopic (exact) mass is 573 g/mol. The number of sulfonamides is 1. The number of amides is 2. The summed E-state index contributed by atoms with van der Waals surface area (Å²) >= 11 is 0. The lowest BCUT2D eigenvalue weighted by Crippen LogP contribution is -2.29. The highest BCUT2D eigenvalue weighted by atomic mass is 32.2. The number of nitrogens with one attached hydrogen (secondary N) is 2. The first kappa shape index (κ1) is 29.5. The molecule has 0 aliphatic heterocycles. The van der Waals surface area contributed by atoms with Crippen molar-refractivity contribution in [2.75, 3.05) is 21.2 Å². The summed E-state index contributed by atoms with van der Waals surface area (Å²) in [7, 11) is -3.73. The van der Waals surface area contributed by atoms with Crippen LogP contribution in [0.4, 0.5) is 21.5 Å². The van der Waals surface area contributed by atoms with Gasteiger partial charge in [0, 0.05) is 28.1 Å². The largest absolute Gasteiger partial charge is 0.322 e. The van der Waals surface area contributed by atoms with Gasteiger partial charge >= 0.3 is 0 Å². The second-order valence-electron chi connectivity index (χ2n) is 10.7. The third-order valence-corrected chi connectivity index (χ3v) is 7.62. The quantitative estimate of drug-likeness (QED) is 0.248. The van der Waals surface area contributed by atoms with Crippen LogP contribution in [0.15, 0.2) is 97.1 Å². The van der Waals surface area contributed by atoms with Crippen LogP contribution in [0.3, 0.4) is 0 Å². The Morgan fingerprint density at radius 3 is 1.76 bits per heavy atom. The van der Waals surface area contributed by atoms with Crippen molar-refractivity contribution in [3.63, 3.8) is 0 Å². The van der Waals surface area contributed by atoms with Gasteiger partial charge in [-0.15, -0.1) is 0 Å². The minimum atomic E-state index is -3.73. The molecule has 0 aromatic heterocycles. The molecule has 0 radical (unpaired) electrons. The van der Waals surface area contributed by atoms with Crippen molar-refractivity contribution >= 4 is 38.9 Å². The molecular weight excluding hydrogens is 541 g/mol. The molecule has 0 heterocycles. The summed E-state index contributed by atoms with van der Waals surface area (Å²) in [6.45, 7) is 6.13. The van der Waals surface area contributed by atoms with Crippen molar-refractivity contribution in [3.8, 4) is 0 Å². The second-order valence-corrected chi connectivity index (χ2v) is 12.6. The zero-order valence-corrected chi connectivity index (χ0v) is 24.1. The first-order valence-electron chi connectivity index (χ1n) is 13.0. The minimum Gasteiger partial charge on any atom is -0.322 e. The van der Waals surface area contributed by atoms with Crippen LogP contribution in [-0.2, 0) is 22.0 Å². The molecule has 2 amide bonds. The summed E-state index contributed by atoms with van der Waals surface area (Å²) in [6.07, 6.45) is 1.04. The van der Waals surface area contributed by atoms with E-state index in [0.29, 0.717) is 28.2 Å². The fourth-order valence-corrected chi connectivity index (χ4v) is 5.04. The number of halogens is 1. The molecular formula is C32H32FN3O4S. The van der Waals surface area contributed by atoms with Crippen LogP contribution in [0.5, 0.6) is 0 Å². The van der Waals surface area contributed by atoms with Gasteiger partial charge in [0.05, 0.1) is 18.5 Å². The van der Waals surface area contributed by atoms with Crippen LogP contribution in [0.1, 0.15) is 52.6 Å². The fraction of sp³-hybridized carbons (Fsp3) is 0.188. The molecule has 4 aromatic rings. The second kappa shape index (κ2) is 11.9. The van der Waals surface area contributed by atoms with Gasteiger partial charge in [0.2, 0.25) is 10.0 Å². The van der Waals surface area contributed by atoms with Crippen LogP contribution < -0.4 is 14.9 Å². The average Bonchev–Trinajstić information content (AvgIpc) is 2.92. The van der Waals surface area contributed by atoms with E-state index in [0.717, 1.165) is 16.1 Å². The molecule has 41 heavy (non-hydrogen) atoms. The summed E-state index contributed by atoms with van der Waals surface area (Å²) in [4.78, 5) is 25.7. The van der Waals surface area contributed by atoms with E-state index >= 15 is 0 Å². The van der Waals surface area contributed by atoms with E-state index in [1.54, 1.807) is 42.5 Å². The van der Waals surface area contributed by atoms with Gasteiger partial charge in [0.15, 0.2) is 0 Å². The molecule has 0 bridgehead atoms. The van der Waals surface area contributed by atoms with E-state index in [-0.39, 0.29) is 23.4 Å². The van der Waals surface area contributed by atoms with Gasteiger partial charge in [-0.05, 0) is 71.6 Å². The van der Waals surface area contributed by atoms with Gasteiger partial charge in [-0.2, -0.15) is 0 Å². The molecule has 0 fully saturated rings. The van der Waals surface area contributed by atoms with E-state index in [4.69, 9.17) is 0 Å². The highest BCUT2D eigenvalue weighted by molar-refractivity contribution is 7.92. The maximum absolute atomic E-state index is 14.2. The number of carbonyl (C=O) groups excluding carboxylic acids is 2. The van der Waals surface area contributed by atoms with Crippen molar-refractivity contribution in [1.29, 1.82) is 0 Å². The Morgan fingerprint density at radius 1 is 0.756 bits per heavy atom. The molecule has 0 atom stereocenters. The standard InChI is InChI=1S/C32H32FN3O4S/c1-32(2,3)25-16-12-22(13-17-25)30(37)34-26-9-7-10-27(20-26)35-31(38)23-14-18-28(19-15-23)36(41(4,39)40)21-24-8-5-6-11-29(24)33/h5-20H,21H2,1-4H3,(H,34,37)(H,35,38). The SMILES string of the molecule is CC(C)(C)c1ccc(C(=O)Nc2cccc(NC(=O)c3ccc(N(Cc4ccccc4F)S(C)(=O)=O)cc3)c2)cc1. The molecule has 0 saturated carbocycles. The Morgan fingerprint density at radius 2 is 1.27 bits per heavy atom. The Labute approximate surface area is 240 Å². The van der Waals surface area contributed by atoms with E-state index in [2.05, 4.69) is 31.4 Å². The Balaban J connectivity index is 1.44. The van der Waals surface area contributed by atoms with Crippen molar-refractivity contribution in [1.82, 2.24) is 0 Å². The smallest absolute Gasteiger partial charge is 0.255 e. The number of hydrogen-bond acceptors (Lipinski definition) is 4. The van der Waals surface area contributed by atoms with Crippen LogP contribution in [0, 0.1) is 5.82 Å². The van der Waals surface area contributed by atoms with Gasteiger partial charge in [0.25, 0.3) is 11.8 Å². The maximum atomic E-state index is 14.2.